The van der Waals surface area contributed by atoms with Crippen LogP contribution in [0.4, 0.5) is 0 Å². The summed E-state index contributed by atoms with van der Waals surface area (Å²) in [4.78, 5) is 0. The van der Waals surface area contributed by atoms with E-state index >= 15 is 0 Å². The van der Waals surface area contributed by atoms with Crippen molar-refractivity contribution in [2.45, 2.75) is 71.1 Å². The van der Waals surface area contributed by atoms with Crippen LogP contribution in [0.25, 0.3) is 0 Å². The van der Waals surface area contributed by atoms with Gasteiger partial charge in [-0.2, -0.15) is 0 Å². The number of unbranched alkanes of at least 4 members (excludes halogenated alkanes) is 2. The van der Waals surface area contributed by atoms with Gasteiger partial charge in [-0.3, -0.25) is 5.41 Å². The SMILES string of the molecule is CCCCCC1CCC(CCC(=N)N)CC1.Cl. The van der Waals surface area contributed by atoms with Gasteiger partial charge in [-0.1, -0.05) is 58.3 Å². The van der Waals surface area contributed by atoms with Gasteiger partial charge in [-0.15, -0.1) is 12.4 Å². The van der Waals surface area contributed by atoms with E-state index in [0.717, 1.165) is 24.7 Å². The van der Waals surface area contributed by atoms with Gasteiger partial charge in [-0.25, -0.2) is 0 Å². The first-order valence-electron chi connectivity index (χ1n) is 7.05. The summed E-state index contributed by atoms with van der Waals surface area (Å²) < 4.78 is 0. The molecule has 17 heavy (non-hydrogen) atoms. The molecule has 0 amide bonds. The largest absolute Gasteiger partial charge is 0.388 e. The number of nitrogens with two attached hydrogens (primary N) is 1. The average Bonchev–Trinajstić information content (AvgIpc) is 2.28. The van der Waals surface area contributed by atoms with Crippen LogP contribution in [0.15, 0.2) is 0 Å². The molecule has 1 saturated carbocycles. The zero-order chi connectivity index (χ0) is 11.8. The molecule has 1 aliphatic rings. The van der Waals surface area contributed by atoms with Crippen molar-refractivity contribution in [1.82, 2.24) is 0 Å². The van der Waals surface area contributed by atoms with Crippen LogP contribution in [-0.4, -0.2) is 5.84 Å². The molecular formula is C14H29ClN2. The minimum absolute atomic E-state index is 0. The lowest BCUT2D eigenvalue weighted by Crippen LogP contribution is -2.17. The Kier molecular flexibility index (Phi) is 9.62. The highest BCUT2D eigenvalue weighted by molar-refractivity contribution is 5.85. The molecule has 0 saturated heterocycles. The van der Waals surface area contributed by atoms with Gasteiger partial charge in [0, 0.05) is 6.42 Å². The molecule has 3 heteroatoms. The number of amidine groups is 1. The van der Waals surface area contributed by atoms with E-state index in [9.17, 15) is 0 Å². The van der Waals surface area contributed by atoms with Gasteiger partial charge < -0.3 is 5.73 Å². The van der Waals surface area contributed by atoms with Crippen molar-refractivity contribution in [3.05, 3.63) is 0 Å². The molecule has 0 atom stereocenters. The molecular weight excluding hydrogens is 232 g/mol. The van der Waals surface area contributed by atoms with Crippen LogP contribution >= 0.6 is 12.4 Å². The molecule has 0 bridgehead atoms. The summed E-state index contributed by atoms with van der Waals surface area (Å²) in [5, 5.41) is 7.24. The molecule has 0 aromatic rings. The van der Waals surface area contributed by atoms with Gasteiger partial charge in [0.1, 0.15) is 0 Å². The Hall–Kier alpha value is -0.240. The Morgan fingerprint density at radius 1 is 1.06 bits per heavy atom. The van der Waals surface area contributed by atoms with Crippen molar-refractivity contribution < 1.29 is 0 Å². The fourth-order valence-corrected chi connectivity index (χ4v) is 2.85. The third-order valence-electron chi connectivity index (χ3n) is 4.00. The fourth-order valence-electron chi connectivity index (χ4n) is 2.85. The zero-order valence-electron chi connectivity index (χ0n) is 11.2. The number of nitrogens with one attached hydrogen (secondary N) is 1. The second-order valence-electron chi connectivity index (χ2n) is 5.45. The molecule has 0 aliphatic heterocycles. The summed E-state index contributed by atoms with van der Waals surface area (Å²) in [5.41, 5.74) is 5.40. The fraction of sp³-hybridized carbons (Fsp3) is 0.929. The molecule has 1 aliphatic carbocycles. The number of halogens is 1. The molecule has 0 aromatic heterocycles. The van der Waals surface area contributed by atoms with E-state index in [1.807, 2.05) is 0 Å². The predicted octanol–water partition coefficient (Wildman–Crippen LogP) is 4.51. The summed E-state index contributed by atoms with van der Waals surface area (Å²) in [5.74, 6) is 2.22. The smallest absolute Gasteiger partial charge is 0.0905 e. The van der Waals surface area contributed by atoms with E-state index in [1.165, 1.54) is 51.4 Å². The van der Waals surface area contributed by atoms with Crippen molar-refractivity contribution in [3.63, 3.8) is 0 Å². The Balaban J connectivity index is 0.00000256. The predicted molar refractivity (Wildman–Crippen MR) is 78.0 cm³/mol. The van der Waals surface area contributed by atoms with Gasteiger partial charge in [0.25, 0.3) is 0 Å². The molecule has 0 radical (unpaired) electrons. The molecule has 0 heterocycles. The maximum Gasteiger partial charge on any atom is 0.0905 e. The maximum atomic E-state index is 7.24. The van der Waals surface area contributed by atoms with Crippen LogP contribution in [-0.2, 0) is 0 Å². The Labute approximate surface area is 113 Å². The van der Waals surface area contributed by atoms with Crippen molar-refractivity contribution in [1.29, 1.82) is 5.41 Å². The number of hydrogen-bond donors (Lipinski definition) is 2. The molecule has 3 N–H and O–H groups in total. The lowest BCUT2D eigenvalue weighted by molar-refractivity contribution is 0.251. The van der Waals surface area contributed by atoms with E-state index in [0.29, 0.717) is 5.84 Å². The summed E-state index contributed by atoms with van der Waals surface area (Å²) in [6.45, 7) is 2.28. The minimum atomic E-state index is 0. The highest BCUT2D eigenvalue weighted by atomic mass is 35.5. The highest BCUT2D eigenvalue weighted by Crippen LogP contribution is 2.34. The third kappa shape index (κ3) is 7.64. The molecule has 0 aromatic carbocycles. The Morgan fingerprint density at radius 3 is 2.06 bits per heavy atom. The molecule has 102 valence electrons. The van der Waals surface area contributed by atoms with Crippen molar-refractivity contribution in [3.8, 4) is 0 Å². The third-order valence-corrected chi connectivity index (χ3v) is 4.00. The number of hydrogen-bond acceptors (Lipinski definition) is 1. The van der Waals surface area contributed by atoms with Crippen molar-refractivity contribution >= 4 is 18.2 Å². The summed E-state index contributed by atoms with van der Waals surface area (Å²) in [6.07, 6.45) is 13.2. The summed E-state index contributed by atoms with van der Waals surface area (Å²) in [7, 11) is 0. The van der Waals surface area contributed by atoms with Crippen LogP contribution in [0.5, 0.6) is 0 Å². The second kappa shape index (κ2) is 9.76. The first-order chi connectivity index (χ1) is 7.72. The lowest BCUT2D eigenvalue weighted by atomic mass is 9.78. The first-order valence-corrected chi connectivity index (χ1v) is 7.05. The van der Waals surface area contributed by atoms with Crippen LogP contribution in [0.3, 0.4) is 0 Å². The van der Waals surface area contributed by atoms with Gasteiger partial charge in [0.05, 0.1) is 5.84 Å². The van der Waals surface area contributed by atoms with Crippen LogP contribution in [0.1, 0.15) is 71.1 Å². The molecule has 1 fully saturated rings. The summed E-state index contributed by atoms with van der Waals surface area (Å²) in [6, 6.07) is 0. The molecule has 1 rings (SSSR count). The quantitative estimate of drug-likeness (QED) is 0.395. The lowest BCUT2D eigenvalue weighted by Gasteiger charge is -2.28. The van der Waals surface area contributed by atoms with Gasteiger partial charge in [0.15, 0.2) is 0 Å². The van der Waals surface area contributed by atoms with Crippen molar-refractivity contribution in [2.24, 2.45) is 17.6 Å². The highest BCUT2D eigenvalue weighted by Gasteiger charge is 2.20. The molecule has 0 unspecified atom stereocenters. The number of rotatable bonds is 7. The molecule has 2 nitrogen and oxygen atoms in total. The van der Waals surface area contributed by atoms with E-state index in [1.54, 1.807) is 0 Å². The second-order valence-corrected chi connectivity index (χ2v) is 5.45. The summed E-state index contributed by atoms with van der Waals surface area (Å²) >= 11 is 0. The minimum Gasteiger partial charge on any atom is -0.388 e. The van der Waals surface area contributed by atoms with Crippen LogP contribution in [0.2, 0.25) is 0 Å². The zero-order valence-corrected chi connectivity index (χ0v) is 12.0. The van der Waals surface area contributed by atoms with Gasteiger partial charge >= 0.3 is 0 Å². The van der Waals surface area contributed by atoms with Gasteiger partial charge in [-0.05, 0) is 18.3 Å². The van der Waals surface area contributed by atoms with E-state index in [2.05, 4.69) is 6.92 Å². The normalized spacial score (nSPS) is 24.1. The van der Waals surface area contributed by atoms with Crippen molar-refractivity contribution in [2.75, 3.05) is 0 Å². The Morgan fingerprint density at radius 2 is 1.59 bits per heavy atom. The monoisotopic (exact) mass is 260 g/mol. The van der Waals surface area contributed by atoms with Crippen LogP contribution < -0.4 is 5.73 Å². The Bertz CT molecular complexity index is 198. The van der Waals surface area contributed by atoms with E-state index in [-0.39, 0.29) is 12.4 Å². The topological polar surface area (TPSA) is 49.9 Å². The van der Waals surface area contributed by atoms with Crippen LogP contribution in [0, 0.1) is 17.2 Å². The standard InChI is InChI=1S/C14H28N2.ClH/c1-2-3-4-5-12-6-8-13(9-7-12)10-11-14(15)16;/h12-13H,2-11H2,1H3,(H3,15,16);1H. The average molecular weight is 261 g/mol. The molecule has 0 spiro atoms. The first kappa shape index (κ1) is 16.8. The van der Waals surface area contributed by atoms with E-state index < -0.39 is 0 Å². The van der Waals surface area contributed by atoms with Gasteiger partial charge in [0.2, 0.25) is 0 Å². The maximum absolute atomic E-state index is 7.24. The van der Waals surface area contributed by atoms with E-state index in [4.69, 9.17) is 11.1 Å².